The highest BCUT2D eigenvalue weighted by atomic mass is 35.5. The van der Waals surface area contributed by atoms with Crippen molar-refractivity contribution in [2.24, 2.45) is 0 Å². The minimum atomic E-state index is -0.0416. The summed E-state index contributed by atoms with van der Waals surface area (Å²) in [6.45, 7) is 1.84. The molecule has 0 heterocycles. The van der Waals surface area contributed by atoms with Crippen LogP contribution >= 0.6 is 24.8 Å². The lowest BCUT2D eigenvalue weighted by Crippen LogP contribution is -2.24. The van der Waals surface area contributed by atoms with E-state index in [1.165, 1.54) is 0 Å². The van der Waals surface area contributed by atoms with E-state index in [4.69, 9.17) is 15.2 Å². The quantitative estimate of drug-likeness (QED) is 0.599. The smallest absolute Gasteiger partial charge is 0.224 e. The summed E-state index contributed by atoms with van der Waals surface area (Å²) in [6.07, 6.45) is 0.323. The van der Waals surface area contributed by atoms with Crippen molar-refractivity contribution in [3.63, 3.8) is 0 Å². The Morgan fingerprint density at radius 2 is 1.68 bits per heavy atom. The number of carbonyl (C=O) groups excluding carboxylic acids is 1. The first-order valence-corrected chi connectivity index (χ1v) is 8.53. The molecule has 6 nitrogen and oxygen atoms in total. The largest absolute Gasteiger partial charge is 0.493 e. The molecule has 0 aliphatic heterocycles. The maximum Gasteiger partial charge on any atom is 0.224 e. The third kappa shape index (κ3) is 8.69. The Morgan fingerprint density at radius 3 is 2.29 bits per heavy atom. The summed E-state index contributed by atoms with van der Waals surface area (Å²) in [4.78, 5) is 14.1. The first-order chi connectivity index (χ1) is 12.5. The first-order valence-electron chi connectivity index (χ1n) is 8.53. The van der Waals surface area contributed by atoms with Crippen molar-refractivity contribution in [2.45, 2.75) is 13.0 Å². The second-order valence-corrected chi connectivity index (χ2v) is 6.33. The topological polar surface area (TPSA) is 76.8 Å². The zero-order valence-electron chi connectivity index (χ0n) is 16.4. The van der Waals surface area contributed by atoms with Crippen LogP contribution in [0, 0.1) is 0 Å². The number of nitrogens with one attached hydrogen (secondary N) is 1. The number of amides is 1. The molecule has 0 unspecified atom stereocenters. The normalized spacial score (nSPS) is 9.86. The summed E-state index contributed by atoms with van der Waals surface area (Å²) in [7, 11) is 5.60. The van der Waals surface area contributed by atoms with Crippen molar-refractivity contribution in [2.75, 3.05) is 40.1 Å². The average molecular weight is 430 g/mol. The van der Waals surface area contributed by atoms with Gasteiger partial charge in [-0.1, -0.05) is 18.2 Å². The summed E-state index contributed by atoms with van der Waals surface area (Å²) in [5.74, 6) is 1.32. The fraction of sp³-hybridized carbons (Fsp3) is 0.350. The van der Waals surface area contributed by atoms with E-state index < -0.39 is 0 Å². The molecule has 0 fully saturated rings. The van der Waals surface area contributed by atoms with Crippen LogP contribution in [0.5, 0.6) is 11.5 Å². The fourth-order valence-corrected chi connectivity index (χ4v) is 2.36. The van der Waals surface area contributed by atoms with E-state index in [1.54, 1.807) is 19.2 Å². The summed E-state index contributed by atoms with van der Waals surface area (Å²) < 4.78 is 11.1. The molecule has 0 spiro atoms. The van der Waals surface area contributed by atoms with Gasteiger partial charge in [0.05, 0.1) is 13.5 Å². The molecule has 0 saturated carbocycles. The van der Waals surface area contributed by atoms with Crippen molar-refractivity contribution in [3.8, 4) is 11.5 Å². The SMILES string of the molecule is COc1cc(CNC(=O)Cc2ccc(N)cc2)ccc1OCCN(C)C.Cl.Cl. The van der Waals surface area contributed by atoms with Crippen LogP contribution < -0.4 is 20.5 Å². The van der Waals surface area contributed by atoms with Gasteiger partial charge in [0.2, 0.25) is 5.91 Å². The van der Waals surface area contributed by atoms with E-state index in [2.05, 4.69) is 10.2 Å². The first kappa shape index (κ1) is 25.9. The van der Waals surface area contributed by atoms with Crippen LogP contribution in [-0.4, -0.2) is 45.2 Å². The number of anilines is 1. The third-order valence-corrected chi connectivity index (χ3v) is 3.86. The summed E-state index contributed by atoms with van der Waals surface area (Å²) >= 11 is 0. The number of ether oxygens (including phenoxy) is 2. The Bertz CT molecular complexity index is 725. The molecule has 0 aliphatic rings. The van der Waals surface area contributed by atoms with Crippen molar-refractivity contribution in [3.05, 3.63) is 53.6 Å². The van der Waals surface area contributed by atoms with Crippen molar-refractivity contribution < 1.29 is 14.3 Å². The molecule has 156 valence electrons. The maximum absolute atomic E-state index is 12.1. The molecule has 0 bridgehead atoms. The molecule has 0 radical (unpaired) electrons. The van der Waals surface area contributed by atoms with E-state index in [0.717, 1.165) is 17.7 Å². The number of nitrogens with zero attached hydrogens (tertiary/aromatic N) is 1. The monoisotopic (exact) mass is 429 g/mol. The minimum absolute atomic E-state index is 0. The van der Waals surface area contributed by atoms with E-state index in [9.17, 15) is 4.79 Å². The van der Waals surface area contributed by atoms with Crippen molar-refractivity contribution in [1.82, 2.24) is 10.2 Å². The van der Waals surface area contributed by atoms with E-state index in [0.29, 0.717) is 36.8 Å². The van der Waals surface area contributed by atoms with Gasteiger partial charge in [-0.25, -0.2) is 0 Å². The number of hydrogen-bond donors (Lipinski definition) is 2. The van der Waals surface area contributed by atoms with Gasteiger partial charge in [-0.05, 0) is 49.5 Å². The number of halogens is 2. The summed E-state index contributed by atoms with van der Waals surface area (Å²) in [5, 5.41) is 2.92. The van der Waals surface area contributed by atoms with Gasteiger partial charge < -0.3 is 25.4 Å². The van der Waals surface area contributed by atoms with Gasteiger partial charge in [0, 0.05) is 18.8 Å². The van der Waals surface area contributed by atoms with Crippen LogP contribution in [0.3, 0.4) is 0 Å². The number of benzene rings is 2. The highest BCUT2D eigenvalue weighted by Gasteiger charge is 2.08. The zero-order chi connectivity index (χ0) is 18.9. The predicted octanol–water partition coefficient (Wildman–Crippen LogP) is 2.92. The predicted molar refractivity (Wildman–Crippen MR) is 118 cm³/mol. The Hall–Kier alpha value is -2.15. The number of rotatable bonds is 9. The van der Waals surface area contributed by atoms with Crippen LogP contribution in [0.25, 0.3) is 0 Å². The summed E-state index contributed by atoms with van der Waals surface area (Å²) in [5.41, 5.74) is 8.22. The van der Waals surface area contributed by atoms with E-state index >= 15 is 0 Å². The molecule has 0 atom stereocenters. The van der Waals surface area contributed by atoms with E-state index in [-0.39, 0.29) is 30.7 Å². The van der Waals surface area contributed by atoms with Crippen molar-refractivity contribution >= 4 is 36.4 Å². The standard InChI is InChI=1S/C20H27N3O3.2ClH/c1-23(2)10-11-26-18-9-6-16(12-19(18)25-3)14-22-20(24)13-15-4-7-17(21)8-5-15;;/h4-9,12H,10-11,13-14,21H2,1-3H3,(H,22,24);2*1H. The molecule has 0 aromatic heterocycles. The molecule has 3 N–H and O–H groups in total. The number of hydrogen-bond acceptors (Lipinski definition) is 5. The van der Waals surface area contributed by atoms with Crippen LogP contribution in [0.1, 0.15) is 11.1 Å². The van der Waals surface area contributed by atoms with Crippen LogP contribution in [0.4, 0.5) is 5.69 Å². The second kappa shape index (κ2) is 13.1. The van der Waals surface area contributed by atoms with Crippen LogP contribution in [0.2, 0.25) is 0 Å². The molecule has 0 aliphatic carbocycles. The zero-order valence-corrected chi connectivity index (χ0v) is 18.1. The summed E-state index contributed by atoms with van der Waals surface area (Å²) in [6, 6.07) is 13.0. The highest BCUT2D eigenvalue weighted by Crippen LogP contribution is 2.28. The van der Waals surface area contributed by atoms with Crippen LogP contribution in [-0.2, 0) is 17.8 Å². The second-order valence-electron chi connectivity index (χ2n) is 6.33. The van der Waals surface area contributed by atoms with Gasteiger partial charge in [0.1, 0.15) is 6.61 Å². The lowest BCUT2D eigenvalue weighted by molar-refractivity contribution is -0.120. The fourth-order valence-electron chi connectivity index (χ4n) is 2.36. The highest BCUT2D eigenvalue weighted by molar-refractivity contribution is 5.85. The number of carbonyl (C=O) groups is 1. The third-order valence-electron chi connectivity index (χ3n) is 3.86. The van der Waals surface area contributed by atoms with Gasteiger partial charge in [0.25, 0.3) is 0 Å². The lowest BCUT2D eigenvalue weighted by atomic mass is 10.1. The molecule has 1 amide bonds. The van der Waals surface area contributed by atoms with Crippen molar-refractivity contribution in [1.29, 1.82) is 0 Å². The van der Waals surface area contributed by atoms with Gasteiger partial charge in [0.15, 0.2) is 11.5 Å². The van der Waals surface area contributed by atoms with Gasteiger partial charge >= 0.3 is 0 Å². The number of likely N-dealkylation sites (N-methyl/N-ethyl adjacent to an activating group) is 1. The molecule has 2 rings (SSSR count). The van der Waals surface area contributed by atoms with Gasteiger partial charge in [-0.2, -0.15) is 0 Å². The molecule has 2 aromatic carbocycles. The Kier molecular flexibility index (Phi) is 12.1. The molecule has 0 saturated heterocycles. The molecule has 2 aromatic rings. The maximum atomic E-state index is 12.1. The van der Waals surface area contributed by atoms with Gasteiger partial charge in [-0.3, -0.25) is 4.79 Å². The molecule has 28 heavy (non-hydrogen) atoms. The molecular formula is C20H29Cl2N3O3. The Balaban J connectivity index is 0.00000364. The Morgan fingerprint density at radius 1 is 1.04 bits per heavy atom. The molecule has 8 heteroatoms. The number of nitrogens with two attached hydrogens (primary N) is 1. The number of methoxy groups -OCH3 is 1. The van der Waals surface area contributed by atoms with Crippen LogP contribution in [0.15, 0.2) is 42.5 Å². The minimum Gasteiger partial charge on any atom is -0.493 e. The average Bonchev–Trinajstić information content (AvgIpc) is 2.62. The van der Waals surface area contributed by atoms with Gasteiger partial charge in [-0.15, -0.1) is 24.8 Å². The number of nitrogen functional groups attached to an aromatic ring is 1. The molecular weight excluding hydrogens is 401 g/mol. The Labute approximate surface area is 179 Å². The lowest BCUT2D eigenvalue weighted by Gasteiger charge is -2.14. The van der Waals surface area contributed by atoms with E-state index in [1.807, 2.05) is 44.4 Å².